The first-order valence-corrected chi connectivity index (χ1v) is 11.7. The van der Waals surface area contributed by atoms with Gasteiger partial charge in [-0.1, -0.05) is 24.3 Å². The number of ether oxygens (including phenoxy) is 2. The largest absolute Gasteiger partial charge is 0.381 e. The summed E-state index contributed by atoms with van der Waals surface area (Å²) in [6.45, 7) is 12.8. The highest BCUT2D eigenvalue weighted by Gasteiger charge is 2.21. The molecule has 0 aliphatic carbocycles. The van der Waals surface area contributed by atoms with Gasteiger partial charge in [-0.3, -0.25) is 0 Å². The summed E-state index contributed by atoms with van der Waals surface area (Å²) >= 11 is 0. The van der Waals surface area contributed by atoms with E-state index in [0.717, 1.165) is 51.6 Å². The highest BCUT2D eigenvalue weighted by Crippen LogP contribution is 2.15. The quantitative estimate of drug-likeness (QED) is 0.503. The van der Waals surface area contributed by atoms with Crippen molar-refractivity contribution in [3.63, 3.8) is 0 Å². The second-order valence-corrected chi connectivity index (χ2v) is 8.69. The molecule has 0 spiro atoms. The third kappa shape index (κ3) is 7.56. The van der Waals surface area contributed by atoms with Crippen molar-refractivity contribution in [3.8, 4) is 0 Å². The Morgan fingerprint density at radius 3 is 2.60 bits per heavy atom. The minimum Gasteiger partial charge on any atom is -0.381 e. The highest BCUT2D eigenvalue weighted by molar-refractivity contribution is 5.80. The smallest absolute Gasteiger partial charge is 0.191 e. The number of hydrogen-bond donors (Lipinski definition) is 2. The highest BCUT2D eigenvalue weighted by atomic mass is 16.5. The van der Waals surface area contributed by atoms with E-state index >= 15 is 0 Å². The number of nitrogens with one attached hydrogen (secondary N) is 2. The van der Waals surface area contributed by atoms with Gasteiger partial charge in [0.05, 0.1) is 19.3 Å². The molecule has 0 saturated carbocycles. The maximum atomic E-state index is 6.07. The van der Waals surface area contributed by atoms with E-state index in [1.165, 1.54) is 24.0 Å². The van der Waals surface area contributed by atoms with Crippen LogP contribution in [-0.4, -0.2) is 61.9 Å². The zero-order valence-electron chi connectivity index (χ0n) is 19.0. The Kier molecular flexibility index (Phi) is 9.43. The van der Waals surface area contributed by atoms with Crippen molar-refractivity contribution in [1.82, 2.24) is 15.5 Å². The summed E-state index contributed by atoms with van der Waals surface area (Å²) in [4.78, 5) is 7.40. The van der Waals surface area contributed by atoms with E-state index in [-0.39, 0.29) is 0 Å². The molecule has 0 bridgehead atoms. The van der Waals surface area contributed by atoms with Crippen molar-refractivity contribution in [1.29, 1.82) is 0 Å². The predicted molar refractivity (Wildman–Crippen MR) is 123 cm³/mol. The lowest BCUT2D eigenvalue weighted by atomic mass is 10.0. The summed E-state index contributed by atoms with van der Waals surface area (Å²) in [5.41, 5.74) is 2.43. The summed E-state index contributed by atoms with van der Waals surface area (Å²) in [5, 5.41) is 7.05. The van der Waals surface area contributed by atoms with Crippen LogP contribution in [-0.2, 0) is 22.6 Å². The van der Waals surface area contributed by atoms with Gasteiger partial charge in [-0.15, -0.1) is 0 Å². The van der Waals surface area contributed by atoms with Crippen molar-refractivity contribution in [3.05, 3.63) is 35.4 Å². The lowest BCUT2D eigenvalue weighted by Crippen LogP contribution is -2.49. The van der Waals surface area contributed by atoms with Gasteiger partial charge >= 0.3 is 0 Å². The van der Waals surface area contributed by atoms with Crippen molar-refractivity contribution in [2.45, 2.75) is 77.8 Å². The van der Waals surface area contributed by atoms with Crippen LogP contribution >= 0.6 is 0 Å². The monoisotopic (exact) mass is 416 g/mol. The first-order chi connectivity index (χ1) is 14.6. The first-order valence-electron chi connectivity index (χ1n) is 11.7. The molecule has 1 aromatic carbocycles. The molecule has 2 saturated heterocycles. The fourth-order valence-corrected chi connectivity index (χ4v) is 4.12. The van der Waals surface area contributed by atoms with Crippen molar-refractivity contribution in [2.24, 2.45) is 4.99 Å². The number of aliphatic imine (C=N–C) groups is 1. The van der Waals surface area contributed by atoms with Crippen LogP contribution in [0.25, 0.3) is 0 Å². The van der Waals surface area contributed by atoms with E-state index in [1.54, 1.807) is 0 Å². The normalized spacial score (nSPS) is 19.9. The number of guanidine groups is 1. The molecule has 2 fully saturated rings. The van der Waals surface area contributed by atoms with Crippen LogP contribution < -0.4 is 10.6 Å². The molecule has 6 heteroatoms. The van der Waals surface area contributed by atoms with Gasteiger partial charge in [0.2, 0.25) is 0 Å². The third-order valence-electron chi connectivity index (χ3n) is 6.01. The molecule has 168 valence electrons. The van der Waals surface area contributed by atoms with E-state index < -0.39 is 0 Å². The molecule has 0 amide bonds. The van der Waals surface area contributed by atoms with Crippen LogP contribution in [0.5, 0.6) is 0 Å². The fourth-order valence-electron chi connectivity index (χ4n) is 4.12. The standard InChI is InChI=1S/C24H40N4O2/c1-4-25-24(27-22-8-12-28(13-9-22)19(2)3)26-17-20-6-5-7-21(16-20)18-30-23-10-14-29-15-11-23/h5-7,16,19,22-23H,4,8-15,17-18H2,1-3H3,(H2,25,26,27). The molecule has 0 radical (unpaired) electrons. The third-order valence-corrected chi connectivity index (χ3v) is 6.01. The lowest BCUT2D eigenvalue weighted by Gasteiger charge is -2.35. The van der Waals surface area contributed by atoms with E-state index in [2.05, 4.69) is 60.6 Å². The maximum absolute atomic E-state index is 6.07. The van der Waals surface area contributed by atoms with E-state index in [1.807, 2.05) is 0 Å². The predicted octanol–water partition coefficient (Wildman–Crippen LogP) is 3.31. The molecule has 2 N–H and O–H groups in total. The van der Waals surface area contributed by atoms with Gasteiger partial charge in [0.1, 0.15) is 0 Å². The topological polar surface area (TPSA) is 58.1 Å². The SMILES string of the molecule is CCNC(=NCc1cccc(COC2CCOCC2)c1)NC1CCN(C(C)C)CC1. The lowest BCUT2D eigenvalue weighted by molar-refractivity contribution is -0.0390. The molecule has 30 heavy (non-hydrogen) atoms. The van der Waals surface area contributed by atoms with E-state index in [9.17, 15) is 0 Å². The molecule has 6 nitrogen and oxygen atoms in total. The van der Waals surface area contributed by atoms with Gasteiger partial charge in [0, 0.05) is 44.9 Å². The van der Waals surface area contributed by atoms with Gasteiger partial charge in [0.25, 0.3) is 0 Å². The number of likely N-dealkylation sites (tertiary alicyclic amines) is 1. The molecule has 1 aromatic rings. The Bertz CT molecular complexity index is 650. The zero-order valence-corrected chi connectivity index (χ0v) is 19.0. The Morgan fingerprint density at radius 2 is 1.90 bits per heavy atom. The van der Waals surface area contributed by atoms with Gasteiger partial charge in [0.15, 0.2) is 5.96 Å². The maximum Gasteiger partial charge on any atom is 0.191 e. The first kappa shape index (κ1) is 23.0. The summed E-state index contributed by atoms with van der Waals surface area (Å²) < 4.78 is 11.5. The number of hydrogen-bond acceptors (Lipinski definition) is 4. The zero-order chi connectivity index (χ0) is 21.2. The van der Waals surface area contributed by atoms with Crippen LogP contribution in [0.1, 0.15) is 57.6 Å². The number of rotatable bonds is 8. The van der Waals surface area contributed by atoms with Crippen molar-refractivity contribution in [2.75, 3.05) is 32.8 Å². The number of nitrogens with zero attached hydrogens (tertiary/aromatic N) is 2. The summed E-state index contributed by atoms with van der Waals surface area (Å²) in [7, 11) is 0. The Morgan fingerprint density at radius 1 is 1.17 bits per heavy atom. The average Bonchev–Trinajstić information content (AvgIpc) is 2.77. The Hall–Kier alpha value is -1.63. The minimum absolute atomic E-state index is 0.326. The molecule has 3 rings (SSSR count). The number of benzene rings is 1. The molecule has 0 aromatic heterocycles. The van der Waals surface area contributed by atoms with Gasteiger partial charge in [-0.2, -0.15) is 0 Å². The van der Waals surface area contributed by atoms with Crippen molar-refractivity contribution < 1.29 is 9.47 Å². The summed E-state index contributed by atoms with van der Waals surface area (Å²) in [6.07, 6.45) is 4.66. The molecular weight excluding hydrogens is 376 g/mol. The van der Waals surface area contributed by atoms with Crippen LogP contribution in [0.4, 0.5) is 0 Å². The van der Waals surface area contributed by atoms with E-state index in [0.29, 0.717) is 31.3 Å². The minimum atomic E-state index is 0.326. The Balaban J connectivity index is 1.50. The Labute approximate surface area is 182 Å². The second kappa shape index (κ2) is 12.3. The van der Waals surface area contributed by atoms with Crippen LogP contribution in [0.15, 0.2) is 29.3 Å². The molecule has 0 unspecified atom stereocenters. The van der Waals surface area contributed by atoms with Crippen LogP contribution in [0.2, 0.25) is 0 Å². The van der Waals surface area contributed by atoms with Gasteiger partial charge in [-0.05, 0) is 57.6 Å². The molecule has 2 aliphatic heterocycles. The van der Waals surface area contributed by atoms with Crippen molar-refractivity contribution >= 4 is 5.96 Å². The number of piperidine rings is 1. The molecule has 0 atom stereocenters. The second-order valence-electron chi connectivity index (χ2n) is 8.69. The summed E-state index contributed by atoms with van der Waals surface area (Å²) in [5.74, 6) is 0.921. The van der Waals surface area contributed by atoms with Crippen LogP contribution in [0, 0.1) is 0 Å². The summed E-state index contributed by atoms with van der Waals surface area (Å²) in [6, 6.07) is 9.74. The average molecular weight is 417 g/mol. The van der Waals surface area contributed by atoms with Gasteiger partial charge in [-0.25, -0.2) is 4.99 Å². The fraction of sp³-hybridized carbons (Fsp3) is 0.708. The molecular formula is C24H40N4O2. The van der Waals surface area contributed by atoms with Crippen LogP contribution in [0.3, 0.4) is 0 Å². The molecule has 2 heterocycles. The van der Waals surface area contributed by atoms with Gasteiger partial charge < -0.3 is 25.0 Å². The molecule has 2 aliphatic rings. The van der Waals surface area contributed by atoms with E-state index in [4.69, 9.17) is 14.5 Å².